The van der Waals surface area contributed by atoms with Gasteiger partial charge < -0.3 is 23.8 Å². The first-order valence-corrected chi connectivity index (χ1v) is 12.4. The van der Waals surface area contributed by atoms with E-state index in [-0.39, 0.29) is 24.2 Å². The molecule has 0 unspecified atom stereocenters. The van der Waals surface area contributed by atoms with E-state index in [1.54, 1.807) is 32.4 Å². The van der Waals surface area contributed by atoms with Crippen LogP contribution >= 0.6 is 11.3 Å². The second-order valence-electron chi connectivity index (χ2n) is 8.61. The number of carbonyl (C=O) groups excluding carboxylic acids is 2. The Bertz CT molecular complexity index is 1280. The molecule has 2 aromatic heterocycles. The van der Waals surface area contributed by atoms with E-state index in [1.807, 2.05) is 11.8 Å². The number of rotatable bonds is 6. The second kappa shape index (κ2) is 9.79. The molecule has 0 atom stereocenters. The van der Waals surface area contributed by atoms with E-state index in [4.69, 9.17) is 18.9 Å². The number of hydrogen-bond donors (Lipinski definition) is 0. The monoisotopic (exact) mass is 497 g/mol. The van der Waals surface area contributed by atoms with Crippen molar-refractivity contribution in [3.8, 4) is 17.4 Å². The number of thiophene rings is 1. The maximum Gasteiger partial charge on any atom is 0.264 e. The number of ketones is 1. The van der Waals surface area contributed by atoms with E-state index < -0.39 is 0 Å². The van der Waals surface area contributed by atoms with Crippen molar-refractivity contribution in [1.29, 1.82) is 0 Å². The van der Waals surface area contributed by atoms with Gasteiger partial charge in [0.2, 0.25) is 5.88 Å². The minimum absolute atomic E-state index is 0.0499. The highest BCUT2D eigenvalue weighted by Crippen LogP contribution is 2.37. The summed E-state index contributed by atoms with van der Waals surface area (Å²) < 4.78 is 21.8. The SMILES string of the molecule is COCc1nc(OC)c2c(C)c(C(=O)N3CCC(C(=O)c4ccc5c(c4)OCCO5)CC3)sc2n1. The van der Waals surface area contributed by atoms with Crippen LogP contribution in [0.25, 0.3) is 10.2 Å². The summed E-state index contributed by atoms with van der Waals surface area (Å²) in [5, 5.41) is 0.754. The molecule has 1 fully saturated rings. The lowest BCUT2D eigenvalue weighted by Crippen LogP contribution is -2.40. The minimum Gasteiger partial charge on any atom is -0.486 e. The van der Waals surface area contributed by atoms with Gasteiger partial charge in [0, 0.05) is 31.7 Å². The maximum absolute atomic E-state index is 13.4. The molecular formula is C25H27N3O6S. The van der Waals surface area contributed by atoms with E-state index in [0.717, 1.165) is 10.9 Å². The molecule has 184 valence electrons. The highest BCUT2D eigenvalue weighted by Gasteiger charge is 2.31. The Kier molecular flexibility index (Phi) is 6.57. The number of Topliss-reactive ketones (excluding diaryl/α,β-unsaturated/α-hetero) is 1. The fraction of sp³-hybridized carbons (Fsp3) is 0.440. The van der Waals surface area contributed by atoms with Crippen LogP contribution in [0.5, 0.6) is 17.4 Å². The van der Waals surface area contributed by atoms with Crippen LogP contribution in [-0.2, 0) is 11.3 Å². The van der Waals surface area contributed by atoms with Crippen LogP contribution in [-0.4, -0.2) is 67.1 Å². The van der Waals surface area contributed by atoms with Crippen LogP contribution in [0.3, 0.4) is 0 Å². The smallest absolute Gasteiger partial charge is 0.264 e. The first-order valence-electron chi connectivity index (χ1n) is 11.6. The number of aromatic nitrogens is 2. The standard InChI is InChI=1S/C25H27N3O6S/c1-14-20-23(32-3)26-19(13-31-2)27-24(20)35-22(14)25(30)28-8-6-15(7-9-28)21(29)16-4-5-17-18(12-16)34-11-10-33-17/h4-5,12,15H,6-11,13H2,1-3H3. The number of methoxy groups -OCH3 is 2. The largest absolute Gasteiger partial charge is 0.486 e. The third-order valence-electron chi connectivity index (χ3n) is 6.44. The minimum atomic E-state index is -0.132. The quantitative estimate of drug-likeness (QED) is 0.476. The average molecular weight is 498 g/mol. The van der Waals surface area contributed by atoms with Gasteiger partial charge in [0.25, 0.3) is 5.91 Å². The molecule has 0 N–H and O–H groups in total. The van der Waals surface area contributed by atoms with Gasteiger partial charge in [-0.25, -0.2) is 4.98 Å². The summed E-state index contributed by atoms with van der Waals surface area (Å²) in [7, 11) is 3.14. The fourth-order valence-electron chi connectivity index (χ4n) is 4.61. The number of nitrogens with zero attached hydrogens (tertiary/aromatic N) is 3. The molecule has 35 heavy (non-hydrogen) atoms. The molecule has 2 aliphatic rings. The molecule has 3 aromatic rings. The molecule has 0 saturated carbocycles. The highest BCUT2D eigenvalue weighted by atomic mass is 32.1. The molecule has 5 rings (SSSR count). The zero-order valence-corrected chi connectivity index (χ0v) is 20.8. The van der Waals surface area contributed by atoms with Gasteiger partial charge in [-0.2, -0.15) is 4.98 Å². The zero-order chi connectivity index (χ0) is 24.5. The summed E-state index contributed by atoms with van der Waals surface area (Å²) in [5.74, 6) is 2.13. The molecular weight excluding hydrogens is 470 g/mol. The lowest BCUT2D eigenvalue weighted by Gasteiger charge is -2.31. The van der Waals surface area contributed by atoms with Crippen LogP contribution in [0.2, 0.25) is 0 Å². The van der Waals surface area contributed by atoms with Crippen molar-refractivity contribution in [1.82, 2.24) is 14.9 Å². The van der Waals surface area contributed by atoms with Gasteiger partial charge in [-0.1, -0.05) is 0 Å². The van der Waals surface area contributed by atoms with Crippen molar-refractivity contribution < 1.29 is 28.5 Å². The van der Waals surface area contributed by atoms with Crippen molar-refractivity contribution in [2.75, 3.05) is 40.5 Å². The van der Waals surface area contributed by atoms with Crippen LogP contribution in [0.1, 0.15) is 44.3 Å². The molecule has 1 saturated heterocycles. The number of piperidine rings is 1. The molecule has 2 aliphatic heterocycles. The van der Waals surface area contributed by atoms with Crippen LogP contribution < -0.4 is 14.2 Å². The van der Waals surface area contributed by atoms with Gasteiger partial charge >= 0.3 is 0 Å². The maximum atomic E-state index is 13.4. The van der Waals surface area contributed by atoms with Crippen LogP contribution in [0, 0.1) is 12.8 Å². The predicted octanol–water partition coefficient (Wildman–Crippen LogP) is 3.66. The topological polar surface area (TPSA) is 100 Å². The number of benzene rings is 1. The van der Waals surface area contributed by atoms with Gasteiger partial charge in [-0.05, 0) is 43.5 Å². The van der Waals surface area contributed by atoms with E-state index in [1.165, 1.54) is 11.3 Å². The number of amides is 1. The summed E-state index contributed by atoms with van der Waals surface area (Å²) in [6.45, 7) is 4.19. The third kappa shape index (κ3) is 4.43. The van der Waals surface area contributed by atoms with Gasteiger partial charge in [0.05, 0.1) is 17.4 Å². The second-order valence-corrected chi connectivity index (χ2v) is 9.61. The summed E-state index contributed by atoms with van der Waals surface area (Å²) >= 11 is 1.34. The lowest BCUT2D eigenvalue weighted by molar-refractivity contribution is 0.0653. The Morgan fingerprint density at radius 2 is 1.86 bits per heavy atom. The van der Waals surface area contributed by atoms with Crippen LogP contribution in [0.15, 0.2) is 18.2 Å². The Balaban J connectivity index is 1.30. The Morgan fingerprint density at radius 1 is 1.11 bits per heavy atom. The first kappa shape index (κ1) is 23.5. The Labute approximate surface area is 207 Å². The third-order valence-corrected chi connectivity index (χ3v) is 7.62. The molecule has 1 amide bonds. The first-order chi connectivity index (χ1) is 17.0. The van der Waals surface area contributed by atoms with Crippen molar-refractivity contribution in [3.63, 3.8) is 0 Å². The van der Waals surface area contributed by atoms with E-state index >= 15 is 0 Å². The summed E-state index contributed by atoms with van der Waals surface area (Å²) in [4.78, 5) is 38.6. The van der Waals surface area contributed by atoms with Gasteiger partial charge in [0.1, 0.15) is 24.7 Å². The molecule has 0 spiro atoms. The molecule has 1 aromatic carbocycles. The number of aryl methyl sites for hydroxylation is 1. The number of hydrogen-bond acceptors (Lipinski definition) is 9. The van der Waals surface area contributed by atoms with Gasteiger partial charge in [-0.3, -0.25) is 9.59 Å². The summed E-state index contributed by atoms with van der Waals surface area (Å²) in [6, 6.07) is 5.35. The number of fused-ring (bicyclic) bond motifs is 2. The summed E-state index contributed by atoms with van der Waals surface area (Å²) in [6.07, 6.45) is 1.23. The van der Waals surface area contributed by atoms with E-state index in [9.17, 15) is 9.59 Å². The van der Waals surface area contributed by atoms with E-state index in [2.05, 4.69) is 9.97 Å². The Hall–Kier alpha value is -3.24. The molecule has 4 heterocycles. The normalized spacial score (nSPS) is 15.9. The van der Waals surface area contributed by atoms with Crippen molar-refractivity contribution in [2.24, 2.45) is 5.92 Å². The molecule has 10 heteroatoms. The van der Waals surface area contributed by atoms with Gasteiger partial charge in [-0.15, -0.1) is 11.3 Å². The van der Waals surface area contributed by atoms with Crippen molar-refractivity contribution in [3.05, 3.63) is 40.0 Å². The van der Waals surface area contributed by atoms with Crippen LogP contribution in [0.4, 0.5) is 0 Å². The summed E-state index contributed by atoms with van der Waals surface area (Å²) in [5.41, 5.74) is 1.43. The zero-order valence-electron chi connectivity index (χ0n) is 20.0. The van der Waals surface area contributed by atoms with Crippen molar-refractivity contribution in [2.45, 2.75) is 26.4 Å². The highest BCUT2D eigenvalue weighted by molar-refractivity contribution is 7.20. The molecule has 0 aliphatic carbocycles. The Morgan fingerprint density at radius 3 is 2.57 bits per heavy atom. The number of carbonyl (C=O) groups is 2. The fourth-order valence-corrected chi connectivity index (χ4v) is 5.77. The molecule has 9 nitrogen and oxygen atoms in total. The number of ether oxygens (including phenoxy) is 4. The average Bonchev–Trinajstić information content (AvgIpc) is 3.23. The van der Waals surface area contributed by atoms with Gasteiger partial charge in [0.15, 0.2) is 23.1 Å². The van der Waals surface area contributed by atoms with E-state index in [0.29, 0.717) is 77.6 Å². The molecule has 0 bridgehead atoms. The molecule has 0 radical (unpaired) electrons. The number of likely N-dealkylation sites (tertiary alicyclic amines) is 1. The lowest BCUT2D eigenvalue weighted by atomic mass is 9.88. The van der Waals surface area contributed by atoms with Crippen molar-refractivity contribution >= 4 is 33.2 Å². The predicted molar refractivity (Wildman–Crippen MR) is 130 cm³/mol.